The second kappa shape index (κ2) is 5.32. The molecule has 1 aromatic rings. The van der Waals surface area contributed by atoms with Gasteiger partial charge in [-0.1, -0.05) is 18.0 Å². The average molecular weight is 314 g/mol. The molecule has 20 heavy (non-hydrogen) atoms. The fourth-order valence-corrected chi connectivity index (χ4v) is 4.96. The van der Waals surface area contributed by atoms with E-state index in [0.717, 1.165) is 11.5 Å². The second-order valence-corrected chi connectivity index (χ2v) is 8.50. The molecule has 2 aliphatic rings. The fourth-order valence-electron chi connectivity index (χ4n) is 3.18. The van der Waals surface area contributed by atoms with E-state index in [4.69, 9.17) is 11.6 Å². The molecule has 110 valence electrons. The number of fused-ring (bicyclic) bond motifs is 1. The van der Waals surface area contributed by atoms with Crippen molar-refractivity contribution in [3.63, 3.8) is 0 Å². The van der Waals surface area contributed by atoms with E-state index in [0.29, 0.717) is 22.4 Å². The summed E-state index contributed by atoms with van der Waals surface area (Å²) in [6, 6.07) is 5.65. The highest BCUT2D eigenvalue weighted by Gasteiger charge is 2.33. The van der Waals surface area contributed by atoms with E-state index >= 15 is 0 Å². The van der Waals surface area contributed by atoms with Crippen LogP contribution in [-0.4, -0.2) is 20.2 Å². The minimum absolute atomic E-state index is 0.0998. The summed E-state index contributed by atoms with van der Waals surface area (Å²) in [5.74, 6) is 0.951. The minimum atomic E-state index is -3.14. The van der Waals surface area contributed by atoms with Crippen LogP contribution in [0.15, 0.2) is 23.1 Å². The molecule has 0 unspecified atom stereocenters. The molecule has 3 nitrogen and oxygen atoms in total. The van der Waals surface area contributed by atoms with Gasteiger partial charge in [0.15, 0.2) is 9.84 Å². The normalized spacial score (nSPS) is 26.6. The maximum Gasteiger partial charge on any atom is 0.178 e. The SMILES string of the molecule is C[C@H](N[C@H]1CCS(=O)(=O)c2ccc(Cl)cc21)C1CCC1. The Morgan fingerprint density at radius 1 is 1.30 bits per heavy atom. The lowest BCUT2D eigenvalue weighted by molar-refractivity contribution is 0.224. The van der Waals surface area contributed by atoms with Gasteiger partial charge in [0.05, 0.1) is 10.6 Å². The summed E-state index contributed by atoms with van der Waals surface area (Å²) in [5.41, 5.74) is 0.843. The van der Waals surface area contributed by atoms with Gasteiger partial charge >= 0.3 is 0 Å². The van der Waals surface area contributed by atoms with Crippen molar-refractivity contribution in [3.05, 3.63) is 28.8 Å². The summed E-state index contributed by atoms with van der Waals surface area (Å²) in [7, 11) is -3.14. The number of benzene rings is 1. The van der Waals surface area contributed by atoms with Crippen LogP contribution in [0.2, 0.25) is 5.02 Å². The monoisotopic (exact) mass is 313 g/mol. The molecule has 2 atom stereocenters. The molecule has 0 saturated heterocycles. The third-order valence-corrected chi connectivity index (χ3v) is 6.73. The van der Waals surface area contributed by atoms with Crippen LogP contribution in [0.3, 0.4) is 0 Å². The van der Waals surface area contributed by atoms with Crippen LogP contribution < -0.4 is 5.32 Å². The first-order valence-corrected chi connectivity index (χ1v) is 9.28. The molecule has 0 radical (unpaired) electrons. The zero-order valence-corrected chi connectivity index (χ0v) is 13.2. The highest BCUT2D eigenvalue weighted by atomic mass is 35.5. The number of hydrogen-bond acceptors (Lipinski definition) is 3. The van der Waals surface area contributed by atoms with Gasteiger partial charge < -0.3 is 5.32 Å². The maximum atomic E-state index is 12.1. The summed E-state index contributed by atoms with van der Waals surface area (Å²) in [6.45, 7) is 2.21. The molecule has 0 amide bonds. The Bertz CT molecular complexity index is 610. The van der Waals surface area contributed by atoms with Gasteiger partial charge in [0.2, 0.25) is 0 Å². The van der Waals surface area contributed by atoms with Gasteiger partial charge in [-0.25, -0.2) is 8.42 Å². The molecule has 5 heteroatoms. The van der Waals surface area contributed by atoms with E-state index in [2.05, 4.69) is 12.2 Å². The Morgan fingerprint density at radius 3 is 2.70 bits per heavy atom. The molecular formula is C15H20ClNO2S. The van der Waals surface area contributed by atoms with E-state index in [1.54, 1.807) is 18.2 Å². The van der Waals surface area contributed by atoms with Crippen LogP contribution in [0.4, 0.5) is 0 Å². The van der Waals surface area contributed by atoms with Crippen molar-refractivity contribution in [1.82, 2.24) is 5.32 Å². The third kappa shape index (κ3) is 2.61. The lowest BCUT2D eigenvalue weighted by Gasteiger charge is -2.36. The quantitative estimate of drug-likeness (QED) is 0.931. The molecule has 1 N–H and O–H groups in total. The number of halogens is 1. The van der Waals surface area contributed by atoms with E-state index in [1.807, 2.05) is 0 Å². The summed E-state index contributed by atoms with van der Waals surface area (Å²) in [5, 5.41) is 4.22. The second-order valence-electron chi connectivity index (χ2n) is 5.99. The topological polar surface area (TPSA) is 46.2 Å². The lowest BCUT2D eigenvalue weighted by atomic mass is 9.80. The number of nitrogens with one attached hydrogen (secondary N) is 1. The summed E-state index contributed by atoms with van der Waals surface area (Å²) >= 11 is 6.05. The molecule has 0 aromatic heterocycles. The minimum Gasteiger partial charge on any atom is -0.307 e. The van der Waals surface area contributed by atoms with Crippen LogP contribution in [0.1, 0.15) is 44.2 Å². The molecule has 1 fully saturated rings. The van der Waals surface area contributed by atoms with Crippen molar-refractivity contribution >= 4 is 21.4 Å². The smallest absolute Gasteiger partial charge is 0.178 e. The average Bonchev–Trinajstić information content (AvgIpc) is 2.30. The molecule has 1 aliphatic carbocycles. The number of rotatable bonds is 3. The number of hydrogen-bond donors (Lipinski definition) is 1. The van der Waals surface area contributed by atoms with E-state index < -0.39 is 9.84 Å². The predicted octanol–water partition coefficient (Wildman–Crippen LogP) is 3.34. The molecule has 1 heterocycles. The van der Waals surface area contributed by atoms with Crippen molar-refractivity contribution in [2.45, 2.75) is 49.6 Å². The van der Waals surface area contributed by atoms with Gasteiger partial charge in [0.1, 0.15) is 0 Å². The summed E-state index contributed by atoms with van der Waals surface area (Å²) < 4.78 is 24.3. The predicted molar refractivity (Wildman–Crippen MR) is 80.8 cm³/mol. The first-order chi connectivity index (χ1) is 9.47. The zero-order valence-electron chi connectivity index (χ0n) is 11.6. The van der Waals surface area contributed by atoms with Crippen LogP contribution in [0, 0.1) is 5.92 Å². The Balaban J connectivity index is 1.88. The number of sulfone groups is 1. The summed E-state index contributed by atoms with van der Waals surface area (Å²) in [4.78, 5) is 0.450. The van der Waals surface area contributed by atoms with E-state index in [1.165, 1.54) is 19.3 Å². The highest BCUT2D eigenvalue weighted by molar-refractivity contribution is 7.91. The molecule has 1 aromatic carbocycles. The van der Waals surface area contributed by atoms with Crippen LogP contribution >= 0.6 is 11.6 Å². The maximum absolute atomic E-state index is 12.1. The van der Waals surface area contributed by atoms with Crippen molar-refractivity contribution < 1.29 is 8.42 Å². The lowest BCUT2D eigenvalue weighted by Crippen LogP contribution is -2.41. The van der Waals surface area contributed by atoms with Crippen molar-refractivity contribution in [3.8, 4) is 0 Å². The van der Waals surface area contributed by atoms with Gasteiger partial charge in [-0.2, -0.15) is 0 Å². The van der Waals surface area contributed by atoms with Gasteiger partial charge in [-0.05, 0) is 55.9 Å². The van der Waals surface area contributed by atoms with Gasteiger partial charge in [0, 0.05) is 17.1 Å². The van der Waals surface area contributed by atoms with Gasteiger partial charge in [0.25, 0.3) is 0 Å². The van der Waals surface area contributed by atoms with Crippen LogP contribution in [0.5, 0.6) is 0 Å². The van der Waals surface area contributed by atoms with Crippen LogP contribution in [0.25, 0.3) is 0 Å². The summed E-state index contributed by atoms with van der Waals surface area (Å²) in [6.07, 6.45) is 4.51. The third-order valence-electron chi connectivity index (χ3n) is 4.68. The largest absolute Gasteiger partial charge is 0.307 e. The first kappa shape index (κ1) is 14.4. The first-order valence-electron chi connectivity index (χ1n) is 7.25. The molecule has 1 saturated carbocycles. The van der Waals surface area contributed by atoms with Crippen molar-refractivity contribution in [2.24, 2.45) is 5.92 Å². The molecule has 3 rings (SSSR count). The Labute approximate surface area is 125 Å². The molecule has 0 spiro atoms. The molecular weight excluding hydrogens is 294 g/mol. The highest BCUT2D eigenvalue weighted by Crippen LogP contribution is 2.36. The zero-order chi connectivity index (χ0) is 14.3. The van der Waals surface area contributed by atoms with Crippen LogP contribution in [-0.2, 0) is 9.84 Å². The molecule has 1 aliphatic heterocycles. The van der Waals surface area contributed by atoms with E-state index in [-0.39, 0.29) is 11.8 Å². The fraction of sp³-hybridized carbons (Fsp3) is 0.600. The van der Waals surface area contributed by atoms with Crippen molar-refractivity contribution in [1.29, 1.82) is 0 Å². The standard InChI is InChI=1S/C15H20ClNO2S/c1-10(11-3-2-4-11)17-14-7-8-20(18,19)15-6-5-12(16)9-13(14)15/h5-6,9-11,14,17H,2-4,7-8H2,1H3/t10-,14-/m0/s1. The van der Waals surface area contributed by atoms with Crippen molar-refractivity contribution in [2.75, 3.05) is 5.75 Å². The van der Waals surface area contributed by atoms with Gasteiger partial charge in [-0.15, -0.1) is 0 Å². The molecule has 0 bridgehead atoms. The Morgan fingerprint density at radius 2 is 2.05 bits per heavy atom. The van der Waals surface area contributed by atoms with E-state index in [9.17, 15) is 8.42 Å². The van der Waals surface area contributed by atoms with Gasteiger partial charge in [-0.3, -0.25) is 0 Å². The Hall–Kier alpha value is -0.580. The Kier molecular flexibility index (Phi) is 3.82.